The van der Waals surface area contributed by atoms with Gasteiger partial charge in [0.1, 0.15) is 12.1 Å². The number of hydrogen-bond acceptors (Lipinski definition) is 4. The van der Waals surface area contributed by atoms with Gasteiger partial charge in [0.05, 0.1) is 5.92 Å². The van der Waals surface area contributed by atoms with Crippen LogP contribution in [0.25, 0.3) is 0 Å². The summed E-state index contributed by atoms with van der Waals surface area (Å²) in [6, 6.07) is 1.97. The lowest BCUT2D eigenvalue weighted by atomic mass is 9.87. The normalized spacial score (nSPS) is 17.6. The van der Waals surface area contributed by atoms with Crippen LogP contribution in [0.3, 0.4) is 0 Å². The van der Waals surface area contributed by atoms with E-state index in [0.717, 1.165) is 31.0 Å². The Labute approximate surface area is 100 Å². The van der Waals surface area contributed by atoms with Crippen LogP contribution in [0.15, 0.2) is 12.4 Å². The predicted molar refractivity (Wildman–Crippen MR) is 63.9 cm³/mol. The van der Waals surface area contributed by atoms with Crippen LogP contribution < -0.4 is 4.90 Å². The summed E-state index contributed by atoms with van der Waals surface area (Å²) in [5.41, 5.74) is 1.02. The Hall–Kier alpha value is -1.65. The molecule has 5 heteroatoms. The average Bonchev–Trinajstić information content (AvgIpc) is 2.27. The molecule has 5 nitrogen and oxygen atoms in total. The van der Waals surface area contributed by atoms with E-state index in [1.54, 1.807) is 13.3 Å². The highest BCUT2D eigenvalue weighted by atomic mass is 16.4. The van der Waals surface area contributed by atoms with Gasteiger partial charge >= 0.3 is 5.97 Å². The van der Waals surface area contributed by atoms with E-state index < -0.39 is 5.97 Å². The van der Waals surface area contributed by atoms with Gasteiger partial charge in [-0.25, -0.2) is 9.97 Å². The Kier molecular flexibility index (Phi) is 3.26. The van der Waals surface area contributed by atoms with Gasteiger partial charge in [-0.05, 0) is 6.42 Å². The summed E-state index contributed by atoms with van der Waals surface area (Å²) in [5.74, 6) is 0.142. The fourth-order valence-electron chi connectivity index (χ4n) is 1.97. The van der Waals surface area contributed by atoms with Gasteiger partial charge in [0.25, 0.3) is 0 Å². The smallest absolute Gasteiger partial charge is 0.306 e. The average molecular weight is 235 g/mol. The molecule has 2 heterocycles. The summed E-state index contributed by atoms with van der Waals surface area (Å²) in [6.07, 6.45) is 2.46. The van der Waals surface area contributed by atoms with Crippen molar-refractivity contribution in [2.45, 2.75) is 20.3 Å². The zero-order chi connectivity index (χ0) is 12.4. The van der Waals surface area contributed by atoms with Gasteiger partial charge < -0.3 is 10.0 Å². The van der Waals surface area contributed by atoms with Crippen molar-refractivity contribution in [3.05, 3.63) is 18.1 Å². The number of aliphatic carboxylic acids is 1. The molecule has 0 aromatic carbocycles. The second-order valence-corrected chi connectivity index (χ2v) is 4.51. The van der Waals surface area contributed by atoms with Crippen molar-refractivity contribution in [3.8, 4) is 0 Å². The SMILES string of the molecule is CCc1cc(N2CC(C(C)C(=O)O)C2)ncn1. The molecule has 2 rings (SSSR count). The molecule has 1 atom stereocenters. The van der Waals surface area contributed by atoms with E-state index >= 15 is 0 Å². The minimum atomic E-state index is -0.716. The summed E-state index contributed by atoms with van der Waals surface area (Å²) < 4.78 is 0. The predicted octanol–water partition coefficient (Wildman–Crippen LogP) is 1.20. The lowest BCUT2D eigenvalue weighted by molar-refractivity contribution is -0.143. The van der Waals surface area contributed by atoms with Gasteiger partial charge in [-0.2, -0.15) is 0 Å². The second-order valence-electron chi connectivity index (χ2n) is 4.51. The van der Waals surface area contributed by atoms with Crippen molar-refractivity contribution in [1.82, 2.24) is 9.97 Å². The molecule has 1 aromatic rings. The molecule has 1 unspecified atom stereocenters. The first kappa shape index (κ1) is 11.8. The Morgan fingerprint density at radius 1 is 1.59 bits per heavy atom. The van der Waals surface area contributed by atoms with E-state index in [9.17, 15) is 4.79 Å². The van der Waals surface area contributed by atoms with Gasteiger partial charge in [-0.3, -0.25) is 4.79 Å². The van der Waals surface area contributed by atoms with E-state index in [4.69, 9.17) is 5.11 Å². The molecule has 0 radical (unpaired) electrons. The number of carboxylic acid groups (broad SMARTS) is 1. The summed E-state index contributed by atoms with van der Waals surface area (Å²) in [6.45, 7) is 5.36. The number of rotatable bonds is 4. The van der Waals surface area contributed by atoms with Crippen molar-refractivity contribution in [2.75, 3.05) is 18.0 Å². The quantitative estimate of drug-likeness (QED) is 0.849. The molecule has 0 spiro atoms. The maximum Gasteiger partial charge on any atom is 0.306 e. The summed E-state index contributed by atoms with van der Waals surface area (Å²) >= 11 is 0. The zero-order valence-corrected chi connectivity index (χ0v) is 10.1. The van der Waals surface area contributed by atoms with Crippen LogP contribution in [-0.4, -0.2) is 34.1 Å². The first-order valence-electron chi connectivity index (χ1n) is 5.90. The fourth-order valence-corrected chi connectivity index (χ4v) is 1.97. The lowest BCUT2D eigenvalue weighted by Gasteiger charge is -2.42. The Balaban J connectivity index is 1.97. The Morgan fingerprint density at radius 3 is 2.88 bits per heavy atom. The summed E-state index contributed by atoms with van der Waals surface area (Å²) in [7, 11) is 0. The molecule has 1 fully saturated rings. The van der Waals surface area contributed by atoms with Gasteiger partial charge in [0, 0.05) is 30.8 Å². The zero-order valence-electron chi connectivity index (χ0n) is 10.1. The molecule has 0 bridgehead atoms. The highest BCUT2D eigenvalue weighted by Gasteiger charge is 2.35. The maximum absolute atomic E-state index is 10.8. The molecule has 1 aromatic heterocycles. The molecular formula is C12H17N3O2. The van der Waals surface area contributed by atoms with Gasteiger partial charge in [-0.15, -0.1) is 0 Å². The number of carbonyl (C=O) groups is 1. The molecule has 0 saturated carbocycles. The first-order chi connectivity index (χ1) is 8.11. The van der Waals surface area contributed by atoms with Crippen LogP contribution in [0.4, 0.5) is 5.82 Å². The van der Waals surface area contributed by atoms with Crippen molar-refractivity contribution < 1.29 is 9.90 Å². The molecule has 1 aliphatic heterocycles. The third-order valence-corrected chi connectivity index (χ3v) is 3.40. The van der Waals surface area contributed by atoms with Crippen LogP contribution >= 0.6 is 0 Å². The molecule has 1 saturated heterocycles. The van der Waals surface area contributed by atoms with Crippen molar-refractivity contribution >= 4 is 11.8 Å². The molecule has 17 heavy (non-hydrogen) atoms. The van der Waals surface area contributed by atoms with E-state index in [1.165, 1.54) is 0 Å². The van der Waals surface area contributed by atoms with Crippen LogP contribution in [0.5, 0.6) is 0 Å². The Bertz CT molecular complexity index is 416. The minimum absolute atomic E-state index is 0.229. The molecule has 92 valence electrons. The number of aryl methyl sites for hydroxylation is 1. The number of anilines is 1. The molecular weight excluding hydrogens is 218 g/mol. The molecule has 1 N–H and O–H groups in total. The minimum Gasteiger partial charge on any atom is -0.481 e. The standard InChI is InChI=1S/C12H17N3O2/c1-3-10-4-11(14-7-13-10)15-5-9(6-15)8(2)12(16)17/h4,7-9H,3,5-6H2,1-2H3,(H,16,17). The number of carboxylic acids is 1. The molecule has 1 aliphatic rings. The maximum atomic E-state index is 10.8. The third kappa shape index (κ3) is 2.38. The second kappa shape index (κ2) is 4.69. The topological polar surface area (TPSA) is 66.3 Å². The lowest BCUT2D eigenvalue weighted by Crippen LogP contribution is -2.51. The summed E-state index contributed by atoms with van der Waals surface area (Å²) in [5, 5.41) is 8.91. The van der Waals surface area contributed by atoms with Gasteiger partial charge in [0.2, 0.25) is 0 Å². The molecule has 0 aliphatic carbocycles. The summed E-state index contributed by atoms with van der Waals surface area (Å²) in [4.78, 5) is 21.3. The fraction of sp³-hybridized carbons (Fsp3) is 0.583. The van der Waals surface area contributed by atoms with E-state index in [1.807, 2.05) is 6.07 Å². The van der Waals surface area contributed by atoms with Crippen molar-refractivity contribution in [1.29, 1.82) is 0 Å². The number of aromatic nitrogens is 2. The van der Waals surface area contributed by atoms with E-state index in [-0.39, 0.29) is 11.8 Å². The van der Waals surface area contributed by atoms with Gasteiger partial charge in [-0.1, -0.05) is 13.8 Å². The highest BCUT2D eigenvalue weighted by Crippen LogP contribution is 2.28. The van der Waals surface area contributed by atoms with Crippen LogP contribution in [-0.2, 0) is 11.2 Å². The monoisotopic (exact) mass is 235 g/mol. The van der Waals surface area contributed by atoms with Crippen molar-refractivity contribution in [3.63, 3.8) is 0 Å². The third-order valence-electron chi connectivity index (χ3n) is 3.40. The molecule has 0 amide bonds. The van der Waals surface area contributed by atoms with E-state index in [0.29, 0.717) is 0 Å². The van der Waals surface area contributed by atoms with Gasteiger partial charge in [0.15, 0.2) is 0 Å². The van der Waals surface area contributed by atoms with Crippen LogP contribution in [0.2, 0.25) is 0 Å². The van der Waals surface area contributed by atoms with Crippen LogP contribution in [0, 0.1) is 11.8 Å². The van der Waals surface area contributed by atoms with E-state index in [2.05, 4.69) is 21.8 Å². The number of hydrogen-bond donors (Lipinski definition) is 1. The largest absolute Gasteiger partial charge is 0.481 e. The van der Waals surface area contributed by atoms with Crippen LogP contribution in [0.1, 0.15) is 19.5 Å². The number of nitrogens with zero attached hydrogens (tertiary/aromatic N) is 3. The Morgan fingerprint density at radius 2 is 2.29 bits per heavy atom. The first-order valence-corrected chi connectivity index (χ1v) is 5.90. The van der Waals surface area contributed by atoms with Crippen molar-refractivity contribution in [2.24, 2.45) is 11.8 Å². The highest BCUT2D eigenvalue weighted by molar-refractivity contribution is 5.70.